The number of aromatic hydroxyl groups is 1. The van der Waals surface area contributed by atoms with Gasteiger partial charge in [-0.1, -0.05) is 143 Å². The van der Waals surface area contributed by atoms with Crippen LogP contribution in [0.1, 0.15) is 78.1 Å². The third kappa shape index (κ3) is 18.9. The number of para-hydroxylation sites is 2. The molecule has 0 saturated carbocycles. The van der Waals surface area contributed by atoms with Crippen LogP contribution < -0.4 is 29.0 Å². The number of nitrogens with zero attached hydrogens (tertiary/aromatic N) is 2. The van der Waals surface area contributed by atoms with E-state index < -0.39 is 30.1 Å². The Morgan fingerprint density at radius 1 is 0.571 bits per heavy atom. The normalized spacial score (nSPS) is 11.8. The van der Waals surface area contributed by atoms with Crippen molar-refractivity contribution in [1.82, 2.24) is 24.5 Å². The molecule has 0 unspecified atom stereocenters. The van der Waals surface area contributed by atoms with Gasteiger partial charge in [-0.3, -0.25) is 9.59 Å². The fourth-order valence-corrected chi connectivity index (χ4v) is 13.4. The minimum absolute atomic E-state index is 0.0546. The van der Waals surface area contributed by atoms with Crippen molar-refractivity contribution in [2.24, 2.45) is 0 Å². The Hall–Kier alpha value is -9.33. The standard InChI is InChI=1S/C20H22N2O3S.C19H20N2O3S.C15H13NO2.C14H13NO5S2/c1-13-5-8-17(9-6-13)12-21-26(23,24)19-11-18(10-7-14(19)2)20-15(3)16(4)22-25-20;1-13-4-7-16(8-5-13)12-20-25(22,23)19-11-17(9-6-14(19)2)18-10-15(3)21-24-18;17-14-9-5-4-8-13(14)16-15(18)11-10-12-6-2-1-3-7-12;1-9(16)14-5-11(7-21-14)22(17,18)15-6-10-2-3-12-13(4-10)20-8-19-12/h5-11,21H,12H2,1-4H3;4-11,20H,12H2,1-3H3;1-11,17H,(H,16,18);2-5,7,15H,6,8H2,1H3/b;;11-10+;. The van der Waals surface area contributed by atoms with Crippen LogP contribution in [0.5, 0.6) is 17.2 Å². The molecule has 4 heterocycles. The first-order chi connectivity index (χ1) is 43.3. The van der Waals surface area contributed by atoms with Gasteiger partial charge < -0.3 is 28.9 Å². The molecule has 1 aliphatic heterocycles. The molecule has 0 radical (unpaired) electrons. The average Bonchev–Trinajstić information content (AvgIpc) is 1.83. The van der Waals surface area contributed by atoms with E-state index >= 15 is 0 Å². The van der Waals surface area contributed by atoms with Crippen LogP contribution in [0.2, 0.25) is 0 Å². The minimum Gasteiger partial charge on any atom is -0.506 e. The fourth-order valence-electron chi connectivity index (χ4n) is 8.63. The number of carbonyl (C=O) groups excluding carboxylic acids is 2. The second-order valence-corrected chi connectivity index (χ2v) is 27.2. The molecule has 0 bridgehead atoms. The number of amides is 1. The maximum absolute atomic E-state index is 12.8. The molecule has 91 heavy (non-hydrogen) atoms. The lowest BCUT2D eigenvalue weighted by atomic mass is 10.1. The Labute approximate surface area is 534 Å². The van der Waals surface area contributed by atoms with Gasteiger partial charge in [0, 0.05) is 53.8 Å². The van der Waals surface area contributed by atoms with Crippen molar-refractivity contribution in [2.75, 3.05) is 12.1 Å². The summed E-state index contributed by atoms with van der Waals surface area (Å²) < 4.78 is 104. The molecular formula is C68H68N6O13S4. The van der Waals surface area contributed by atoms with E-state index in [0.717, 1.165) is 61.7 Å². The Morgan fingerprint density at radius 2 is 1.12 bits per heavy atom. The van der Waals surface area contributed by atoms with Crippen molar-refractivity contribution < 1.29 is 58.5 Å². The number of ketones is 1. The number of phenols is 1. The largest absolute Gasteiger partial charge is 0.506 e. The van der Waals surface area contributed by atoms with Crippen LogP contribution in [0.15, 0.2) is 205 Å². The summed E-state index contributed by atoms with van der Waals surface area (Å²) in [6.07, 6.45) is 3.15. The smallest absolute Gasteiger partial charge is 0.248 e. The number of aromatic nitrogens is 2. The van der Waals surface area contributed by atoms with Gasteiger partial charge in [0.2, 0.25) is 42.8 Å². The highest BCUT2D eigenvalue weighted by atomic mass is 32.2. The van der Waals surface area contributed by atoms with Crippen molar-refractivity contribution in [2.45, 2.75) is 89.7 Å². The number of thiophene rings is 1. The number of hydrogen-bond acceptors (Lipinski definition) is 16. The number of aryl methyl sites for hydroxylation is 6. The van der Waals surface area contributed by atoms with Gasteiger partial charge in [0.05, 0.1) is 36.6 Å². The highest BCUT2D eigenvalue weighted by molar-refractivity contribution is 7.90. The van der Waals surface area contributed by atoms with E-state index in [1.54, 1.807) is 86.7 Å². The molecule has 0 atom stereocenters. The fraction of sp³-hybridized carbons (Fsp3) is 0.176. The van der Waals surface area contributed by atoms with Gasteiger partial charge in [-0.15, -0.1) is 11.3 Å². The molecule has 23 heteroatoms. The second-order valence-electron chi connectivity index (χ2n) is 21.1. The average molecular weight is 1310 g/mol. The predicted octanol–water partition coefficient (Wildman–Crippen LogP) is 13.0. The van der Waals surface area contributed by atoms with E-state index in [-0.39, 0.29) is 58.6 Å². The summed E-state index contributed by atoms with van der Waals surface area (Å²) in [5.74, 6) is 2.02. The molecule has 0 spiro atoms. The summed E-state index contributed by atoms with van der Waals surface area (Å²) in [5.41, 5.74) is 11.4. The third-order valence-corrected chi connectivity index (χ3v) is 19.6. The summed E-state index contributed by atoms with van der Waals surface area (Å²) in [6.45, 7) is 15.3. The molecule has 0 aliphatic carbocycles. The highest BCUT2D eigenvalue weighted by Crippen LogP contribution is 2.33. The number of anilines is 1. The lowest BCUT2D eigenvalue weighted by molar-refractivity contribution is -0.111. The number of ether oxygens (including phenoxy) is 2. The van der Waals surface area contributed by atoms with Gasteiger partial charge in [0.25, 0.3) is 0 Å². The maximum Gasteiger partial charge on any atom is 0.248 e. The highest BCUT2D eigenvalue weighted by Gasteiger charge is 2.23. The van der Waals surface area contributed by atoms with E-state index in [9.17, 15) is 39.9 Å². The van der Waals surface area contributed by atoms with E-state index in [2.05, 4.69) is 29.8 Å². The molecule has 7 aromatic carbocycles. The number of nitrogens with one attached hydrogen (secondary N) is 4. The van der Waals surface area contributed by atoms with E-state index in [1.165, 1.54) is 30.5 Å². The van der Waals surface area contributed by atoms with E-state index in [0.29, 0.717) is 55.8 Å². The molecule has 0 saturated heterocycles. The van der Waals surface area contributed by atoms with Gasteiger partial charge in [0.1, 0.15) is 5.75 Å². The van der Waals surface area contributed by atoms with Crippen LogP contribution in [0.3, 0.4) is 0 Å². The SMILES string of the molecule is CC(=O)c1cc(S(=O)(=O)NCc2ccc3c(c2)OCO3)cs1.Cc1ccc(CNS(=O)(=O)c2cc(-c3cc(C)no3)ccc2C)cc1.Cc1ccc(CNS(=O)(=O)c2cc(-c3onc(C)c3C)ccc2C)cc1.O=C(/C=C/c1ccccc1)Nc1ccccc1O. The Balaban J connectivity index is 0.000000158. The number of benzene rings is 7. The molecule has 1 amide bonds. The van der Waals surface area contributed by atoms with Gasteiger partial charge in [-0.25, -0.2) is 39.4 Å². The molecule has 5 N–H and O–H groups in total. The van der Waals surface area contributed by atoms with Gasteiger partial charge in [-0.05, 0) is 137 Å². The van der Waals surface area contributed by atoms with Crippen molar-refractivity contribution in [3.8, 4) is 39.9 Å². The molecular weight excluding hydrogens is 1240 g/mol. The second kappa shape index (κ2) is 30.5. The number of sulfonamides is 3. The van der Waals surface area contributed by atoms with Crippen LogP contribution in [0.25, 0.3) is 28.7 Å². The zero-order chi connectivity index (χ0) is 65.5. The molecule has 11 rings (SSSR count). The van der Waals surface area contributed by atoms with Crippen LogP contribution >= 0.6 is 11.3 Å². The Bertz CT molecular complexity index is 4560. The van der Waals surface area contributed by atoms with Crippen molar-refractivity contribution in [3.05, 3.63) is 248 Å². The molecule has 472 valence electrons. The minimum atomic E-state index is -3.65. The predicted molar refractivity (Wildman–Crippen MR) is 351 cm³/mol. The Kier molecular flexibility index (Phi) is 22.6. The first-order valence-corrected chi connectivity index (χ1v) is 33.7. The number of Topliss-reactive ketones (excluding diaryl/α,β-unsaturated/α-hetero) is 1. The molecule has 10 aromatic rings. The number of fused-ring (bicyclic) bond motifs is 1. The van der Waals surface area contributed by atoms with Crippen molar-refractivity contribution in [1.29, 1.82) is 0 Å². The van der Waals surface area contributed by atoms with Crippen LogP contribution in [0.4, 0.5) is 5.69 Å². The summed E-state index contributed by atoms with van der Waals surface area (Å²) in [7, 11) is -10.9. The van der Waals surface area contributed by atoms with Gasteiger partial charge in [-0.2, -0.15) is 0 Å². The van der Waals surface area contributed by atoms with Crippen LogP contribution in [-0.4, -0.2) is 59.2 Å². The zero-order valence-electron chi connectivity index (χ0n) is 51.1. The lowest BCUT2D eigenvalue weighted by Crippen LogP contribution is -2.24. The first kappa shape index (κ1) is 67.6. The first-order valence-electron chi connectivity index (χ1n) is 28.3. The van der Waals surface area contributed by atoms with Gasteiger partial charge >= 0.3 is 0 Å². The van der Waals surface area contributed by atoms with Crippen molar-refractivity contribution >= 4 is 64.9 Å². The zero-order valence-corrected chi connectivity index (χ0v) is 54.4. The molecule has 19 nitrogen and oxygen atoms in total. The molecule has 3 aromatic heterocycles. The maximum atomic E-state index is 12.8. The third-order valence-electron chi connectivity index (χ3n) is 14.0. The Morgan fingerprint density at radius 3 is 1.68 bits per heavy atom. The van der Waals surface area contributed by atoms with E-state index in [1.807, 2.05) is 126 Å². The van der Waals surface area contributed by atoms with Gasteiger partial charge in [0.15, 0.2) is 28.8 Å². The number of phenolic OH excluding ortho intramolecular Hbond substituents is 1. The van der Waals surface area contributed by atoms with Crippen LogP contribution in [-0.2, 0) is 54.5 Å². The number of carbonyl (C=O) groups is 2. The lowest BCUT2D eigenvalue weighted by Gasteiger charge is -2.11. The number of hydrogen-bond donors (Lipinski definition) is 5. The summed E-state index contributed by atoms with van der Waals surface area (Å²) in [6, 6.07) is 50.6. The monoisotopic (exact) mass is 1300 g/mol. The van der Waals surface area contributed by atoms with Crippen molar-refractivity contribution in [3.63, 3.8) is 0 Å². The summed E-state index contributed by atoms with van der Waals surface area (Å²) in [4.78, 5) is 23.9. The van der Waals surface area contributed by atoms with Crippen LogP contribution in [0, 0.1) is 48.5 Å². The summed E-state index contributed by atoms with van der Waals surface area (Å²) in [5, 5.41) is 21.4. The molecule has 1 aliphatic rings. The number of rotatable bonds is 18. The molecule has 0 fully saturated rings. The summed E-state index contributed by atoms with van der Waals surface area (Å²) >= 11 is 1.12. The van der Waals surface area contributed by atoms with E-state index in [4.69, 9.17) is 18.5 Å². The quantitative estimate of drug-likeness (QED) is 0.0303. The topological polar surface area (TPSA) is 275 Å².